The monoisotopic (exact) mass is 489 g/mol. The number of rotatable bonds is 8. The predicted octanol–water partition coefficient (Wildman–Crippen LogP) is 1.71. The highest BCUT2D eigenvalue weighted by molar-refractivity contribution is 14.0. The zero-order valence-electron chi connectivity index (χ0n) is 14.9. The minimum Gasteiger partial charge on any atom is -0.356 e. The third kappa shape index (κ3) is 7.62. The minimum atomic E-state index is -3.10. The molecule has 0 atom stereocenters. The van der Waals surface area contributed by atoms with Crippen LogP contribution in [0.1, 0.15) is 28.9 Å². The van der Waals surface area contributed by atoms with E-state index in [1.807, 2.05) is 6.92 Å². The fraction of sp³-hybridized carbons (Fsp3) is 0.714. The number of halogens is 1. The summed E-state index contributed by atoms with van der Waals surface area (Å²) < 4.78 is 24.7. The van der Waals surface area contributed by atoms with E-state index in [0.717, 1.165) is 10.7 Å². The number of aliphatic imine (C=N–C) groups is 1. The van der Waals surface area contributed by atoms with Crippen molar-refractivity contribution in [2.75, 3.05) is 32.9 Å². The molecule has 0 amide bonds. The van der Waals surface area contributed by atoms with Crippen LogP contribution in [-0.4, -0.2) is 56.6 Å². The van der Waals surface area contributed by atoms with Gasteiger partial charge in [0.25, 0.3) is 0 Å². The van der Waals surface area contributed by atoms with E-state index in [9.17, 15) is 8.42 Å². The van der Waals surface area contributed by atoms with Crippen molar-refractivity contribution in [1.29, 1.82) is 0 Å². The Hall–Kier alpha value is -0.460. The molecule has 1 aromatic heterocycles. The Morgan fingerprint density at radius 3 is 2.50 bits per heavy atom. The average Bonchev–Trinajstić information content (AvgIpc) is 2.84. The van der Waals surface area contributed by atoms with Gasteiger partial charge in [-0.1, -0.05) is 0 Å². The molecule has 0 saturated heterocycles. The van der Waals surface area contributed by atoms with Gasteiger partial charge in [0.05, 0.1) is 18.0 Å². The van der Waals surface area contributed by atoms with Gasteiger partial charge < -0.3 is 10.6 Å². The Morgan fingerprint density at radius 1 is 1.33 bits per heavy atom. The van der Waals surface area contributed by atoms with Crippen LogP contribution in [0, 0.1) is 13.8 Å². The lowest BCUT2D eigenvalue weighted by atomic mass is 10.4. The summed E-state index contributed by atoms with van der Waals surface area (Å²) in [4.78, 5) is 9.85. The Kier molecular flexibility index (Phi) is 11.0. The number of hydrogen-bond donors (Lipinski definition) is 2. The van der Waals surface area contributed by atoms with Crippen LogP contribution in [0.4, 0.5) is 0 Å². The topological polar surface area (TPSA) is 86.7 Å². The second kappa shape index (κ2) is 11.2. The number of sulfonamides is 1. The molecular weight excluding hydrogens is 461 g/mol. The summed E-state index contributed by atoms with van der Waals surface area (Å²) in [6.45, 7) is 7.49. The van der Waals surface area contributed by atoms with Crippen LogP contribution in [0.2, 0.25) is 0 Å². The first kappa shape index (κ1) is 23.5. The zero-order valence-corrected chi connectivity index (χ0v) is 18.9. The Morgan fingerprint density at radius 2 is 2.00 bits per heavy atom. The number of aryl methyl sites for hydroxylation is 2. The lowest BCUT2D eigenvalue weighted by molar-refractivity contribution is 0.461. The highest BCUT2D eigenvalue weighted by atomic mass is 127. The summed E-state index contributed by atoms with van der Waals surface area (Å²) in [5.41, 5.74) is 1.06. The van der Waals surface area contributed by atoms with Gasteiger partial charge in [0.15, 0.2) is 5.96 Å². The van der Waals surface area contributed by atoms with E-state index in [-0.39, 0.29) is 29.7 Å². The molecule has 0 spiro atoms. The molecule has 2 N–H and O–H groups in total. The molecule has 0 unspecified atom stereocenters. The number of nitrogens with zero attached hydrogens (tertiary/aromatic N) is 3. The number of thiazole rings is 1. The highest BCUT2D eigenvalue weighted by Crippen LogP contribution is 2.15. The van der Waals surface area contributed by atoms with E-state index in [1.165, 1.54) is 9.18 Å². The minimum absolute atomic E-state index is 0. The molecule has 0 aliphatic carbocycles. The van der Waals surface area contributed by atoms with Gasteiger partial charge in [-0.15, -0.1) is 35.3 Å². The van der Waals surface area contributed by atoms with Gasteiger partial charge in [-0.05, 0) is 27.2 Å². The maximum absolute atomic E-state index is 11.6. The summed E-state index contributed by atoms with van der Waals surface area (Å²) in [6.07, 6.45) is 0.714. The molecule has 0 aromatic carbocycles. The fourth-order valence-electron chi connectivity index (χ4n) is 1.86. The number of nitrogens with one attached hydrogen (secondary N) is 2. The first-order chi connectivity index (χ1) is 10.8. The molecule has 0 aliphatic rings. The van der Waals surface area contributed by atoms with Crippen LogP contribution in [0.5, 0.6) is 0 Å². The standard InChI is InChI=1S/C14H27N5O2S2.HI/c1-6-23(20,21)19(5)9-7-8-16-14(15-4)17-10-13-18-11(2)12(3)22-13;/h6-10H2,1-5H3,(H2,15,16,17);1H. The van der Waals surface area contributed by atoms with E-state index in [0.29, 0.717) is 32.0 Å². The van der Waals surface area contributed by atoms with E-state index >= 15 is 0 Å². The van der Waals surface area contributed by atoms with Crippen LogP contribution >= 0.6 is 35.3 Å². The van der Waals surface area contributed by atoms with Gasteiger partial charge in [0.2, 0.25) is 10.0 Å². The SMILES string of the molecule is CCS(=O)(=O)N(C)CCCNC(=NC)NCc1nc(C)c(C)s1.I. The summed E-state index contributed by atoms with van der Waals surface area (Å²) in [7, 11) is 0.220. The lowest BCUT2D eigenvalue weighted by Crippen LogP contribution is -2.38. The Bertz CT molecular complexity index is 612. The maximum atomic E-state index is 11.6. The molecule has 1 aromatic rings. The Labute approximate surface area is 166 Å². The first-order valence-electron chi connectivity index (χ1n) is 7.61. The van der Waals surface area contributed by atoms with Gasteiger partial charge in [0.1, 0.15) is 5.01 Å². The molecule has 24 heavy (non-hydrogen) atoms. The molecule has 0 saturated carbocycles. The second-order valence-electron chi connectivity index (χ2n) is 5.18. The van der Waals surface area contributed by atoms with Gasteiger partial charge >= 0.3 is 0 Å². The predicted molar refractivity (Wildman–Crippen MR) is 112 cm³/mol. The van der Waals surface area contributed by atoms with Gasteiger partial charge in [-0.3, -0.25) is 4.99 Å². The van der Waals surface area contributed by atoms with Crippen molar-refractivity contribution in [3.63, 3.8) is 0 Å². The van der Waals surface area contributed by atoms with Crippen molar-refractivity contribution in [2.24, 2.45) is 4.99 Å². The van der Waals surface area contributed by atoms with Crippen LogP contribution in [0.3, 0.4) is 0 Å². The van der Waals surface area contributed by atoms with Crippen molar-refractivity contribution >= 4 is 51.3 Å². The third-order valence-corrected chi connectivity index (χ3v) is 6.42. The Balaban J connectivity index is 0.00000529. The quantitative estimate of drug-likeness (QED) is 0.251. The van der Waals surface area contributed by atoms with Crippen molar-refractivity contribution in [2.45, 2.75) is 33.7 Å². The fourth-order valence-corrected chi connectivity index (χ4v) is 3.58. The number of aromatic nitrogens is 1. The first-order valence-corrected chi connectivity index (χ1v) is 10.0. The molecule has 7 nitrogen and oxygen atoms in total. The van der Waals surface area contributed by atoms with Crippen LogP contribution in [-0.2, 0) is 16.6 Å². The van der Waals surface area contributed by atoms with Gasteiger partial charge in [-0.25, -0.2) is 17.7 Å². The van der Waals surface area contributed by atoms with Gasteiger partial charge in [0, 0.05) is 32.1 Å². The summed E-state index contributed by atoms with van der Waals surface area (Å²) in [5, 5.41) is 7.42. The van der Waals surface area contributed by atoms with Crippen molar-refractivity contribution in [1.82, 2.24) is 19.9 Å². The summed E-state index contributed by atoms with van der Waals surface area (Å²) in [5.74, 6) is 0.823. The molecule has 1 heterocycles. The van der Waals surface area contributed by atoms with Crippen molar-refractivity contribution in [3.05, 3.63) is 15.6 Å². The van der Waals surface area contributed by atoms with E-state index in [2.05, 4.69) is 27.5 Å². The van der Waals surface area contributed by atoms with Crippen molar-refractivity contribution < 1.29 is 8.42 Å². The number of guanidine groups is 1. The van der Waals surface area contributed by atoms with Crippen molar-refractivity contribution in [3.8, 4) is 0 Å². The van der Waals surface area contributed by atoms with E-state index in [1.54, 1.807) is 32.4 Å². The van der Waals surface area contributed by atoms with Gasteiger partial charge in [-0.2, -0.15) is 0 Å². The number of hydrogen-bond acceptors (Lipinski definition) is 5. The van der Waals surface area contributed by atoms with Crippen LogP contribution in [0.15, 0.2) is 4.99 Å². The average molecular weight is 489 g/mol. The molecule has 1 rings (SSSR count). The van der Waals surface area contributed by atoms with E-state index < -0.39 is 10.0 Å². The smallest absolute Gasteiger partial charge is 0.213 e. The van der Waals surface area contributed by atoms with Crippen LogP contribution < -0.4 is 10.6 Å². The molecular formula is C14H28IN5O2S2. The summed E-state index contributed by atoms with van der Waals surface area (Å²) in [6, 6.07) is 0. The molecule has 0 bridgehead atoms. The lowest BCUT2D eigenvalue weighted by Gasteiger charge is -2.16. The van der Waals surface area contributed by atoms with E-state index in [4.69, 9.17) is 0 Å². The zero-order chi connectivity index (χ0) is 17.5. The van der Waals surface area contributed by atoms with Crippen LogP contribution in [0.25, 0.3) is 0 Å². The second-order valence-corrected chi connectivity index (χ2v) is 8.83. The molecule has 140 valence electrons. The normalized spacial score (nSPS) is 12.2. The third-order valence-electron chi connectivity index (χ3n) is 3.49. The summed E-state index contributed by atoms with van der Waals surface area (Å²) >= 11 is 1.67. The molecule has 10 heteroatoms. The molecule has 0 fully saturated rings. The molecule has 0 aliphatic heterocycles. The highest BCUT2D eigenvalue weighted by Gasteiger charge is 2.14. The maximum Gasteiger partial charge on any atom is 0.213 e. The molecule has 0 radical (unpaired) electrons. The largest absolute Gasteiger partial charge is 0.356 e.